The van der Waals surface area contributed by atoms with Crippen molar-refractivity contribution in [3.63, 3.8) is 0 Å². The lowest BCUT2D eigenvalue weighted by atomic mass is 9.64. The quantitative estimate of drug-likeness (QED) is 0.728. The number of amides is 1. The number of nitrogens with zero attached hydrogens (tertiary/aromatic N) is 2. The number of ketones is 1. The molecule has 0 aromatic heterocycles. The number of carbonyl (C=O) groups is 2. The zero-order valence-corrected chi connectivity index (χ0v) is 12.5. The van der Waals surface area contributed by atoms with Gasteiger partial charge in [-0.05, 0) is 18.1 Å². The van der Waals surface area contributed by atoms with Crippen LogP contribution in [0.2, 0.25) is 0 Å². The van der Waals surface area contributed by atoms with Crippen molar-refractivity contribution in [2.24, 2.45) is 0 Å². The number of hydrogen-bond acceptors (Lipinski definition) is 3. The van der Waals surface area contributed by atoms with E-state index in [2.05, 4.69) is 36.2 Å². The molecule has 0 radical (unpaired) electrons. The molecule has 4 nitrogen and oxygen atoms in total. The summed E-state index contributed by atoms with van der Waals surface area (Å²) in [6, 6.07) is 8.70. The van der Waals surface area contributed by atoms with Crippen molar-refractivity contribution >= 4 is 17.4 Å². The first-order chi connectivity index (χ1) is 10.1. The number of benzene rings is 1. The van der Waals surface area contributed by atoms with Gasteiger partial charge in [0, 0.05) is 50.5 Å². The number of fused-ring (bicyclic) bond motifs is 1. The van der Waals surface area contributed by atoms with Gasteiger partial charge >= 0.3 is 0 Å². The Morgan fingerprint density at radius 1 is 1.24 bits per heavy atom. The van der Waals surface area contributed by atoms with Gasteiger partial charge in [-0.1, -0.05) is 18.2 Å². The third kappa shape index (κ3) is 1.45. The van der Waals surface area contributed by atoms with E-state index in [4.69, 9.17) is 0 Å². The average Bonchev–Trinajstić information content (AvgIpc) is 2.95. The predicted molar refractivity (Wildman–Crippen MR) is 80.3 cm³/mol. The van der Waals surface area contributed by atoms with Crippen LogP contribution in [0.1, 0.15) is 31.7 Å². The molecule has 1 aliphatic carbocycles. The Morgan fingerprint density at radius 2 is 1.95 bits per heavy atom. The smallest absolute Gasteiger partial charge is 0.219 e. The molecule has 21 heavy (non-hydrogen) atoms. The monoisotopic (exact) mass is 284 g/mol. The summed E-state index contributed by atoms with van der Waals surface area (Å²) in [7, 11) is 2.09. The third-order valence-electron chi connectivity index (χ3n) is 5.83. The van der Waals surface area contributed by atoms with E-state index in [1.807, 2.05) is 4.90 Å². The summed E-state index contributed by atoms with van der Waals surface area (Å²) in [5.74, 6) is 0.380. The Hall–Kier alpha value is -1.84. The lowest BCUT2D eigenvalue weighted by Crippen LogP contribution is -2.57. The maximum absolute atomic E-state index is 12.2. The lowest BCUT2D eigenvalue weighted by molar-refractivity contribution is -0.132. The Morgan fingerprint density at radius 3 is 2.71 bits per heavy atom. The van der Waals surface area contributed by atoms with E-state index >= 15 is 0 Å². The molecular weight excluding hydrogens is 264 g/mol. The van der Waals surface area contributed by atoms with Crippen molar-refractivity contribution in [1.29, 1.82) is 0 Å². The van der Waals surface area contributed by atoms with Gasteiger partial charge in [-0.25, -0.2) is 0 Å². The van der Waals surface area contributed by atoms with E-state index in [0.717, 1.165) is 13.0 Å². The van der Waals surface area contributed by atoms with Crippen LogP contribution in [0, 0.1) is 0 Å². The summed E-state index contributed by atoms with van der Waals surface area (Å²) in [4.78, 5) is 28.4. The van der Waals surface area contributed by atoms with Gasteiger partial charge in [0.15, 0.2) is 0 Å². The fourth-order valence-electron chi connectivity index (χ4n) is 4.98. The molecule has 1 saturated carbocycles. The van der Waals surface area contributed by atoms with Gasteiger partial charge in [-0.2, -0.15) is 0 Å². The first-order valence-electron chi connectivity index (χ1n) is 7.67. The largest absolute Gasteiger partial charge is 0.370 e. The molecule has 4 rings (SSSR count). The second kappa shape index (κ2) is 4.09. The lowest BCUT2D eigenvalue weighted by Gasteiger charge is -2.44. The number of para-hydroxylation sites is 1. The van der Waals surface area contributed by atoms with Gasteiger partial charge in [0.1, 0.15) is 5.78 Å². The molecule has 1 aromatic rings. The molecule has 1 spiro atoms. The highest BCUT2D eigenvalue weighted by Crippen LogP contribution is 2.56. The number of Topliss-reactive ketones (excluding diaryl/α,β-unsaturated/α-hetero) is 1. The van der Waals surface area contributed by atoms with Crippen molar-refractivity contribution < 1.29 is 9.59 Å². The van der Waals surface area contributed by atoms with Crippen LogP contribution >= 0.6 is 0 Å². The molecule has 1 aromatic carbocycles. The molecule has 2 fully saturated rings. The summed E-state index contributed by atoms with van der Waals surface area (Å²) in [5, 5.41) is 0. The molecule has 4 heteroatoms. The predicted octanol–water partition coefficient (Wildman–Crippen LogP) is 1.73. The highest BCUT2D eigenvalue weighted by atomic mass is 16.2. The molecule has 1 saturated heterocycles. The summed E-state index contributed by atoms with van der Waals surface area (Å²) in [5.41, 5.74) is 2.51. The van der Waals surface area contributed by atoms with Crippen molar-refractivity contribution in [3.8, 4) is 0 Å². The Bertz CT molecular complexity index is 641. The second-order valence-electron chi connectivity index (χ2n) is 6.61. The number of anilines is 1. The second-order valence-corrected chi connectivity index (χ2v) is 6.61. The van der Waals surface area contributed by atoms with Crippen LogP contribution in [0.15, 0.2) is 24.3 Å². The summed E-state index contributed by atoms with van der Waals surface area (Å²) in [6.45, 7) is 2.39. The zero-order valence-electron chi connectivity index (χ0n) is 12.5. The highest BCUT2D eigenvalue weighted by molar-refractivity contribution is 5.86. The Labute approximate surface area is 124 Å². The molecule has 2 aliphatic heterocycles. The molecule has 3 atom stereocenters. The van der Waals surface area contributed by atoms with Gasteiger partial charge in [0.05, 0.1) is 6.04 Å². The van der Waals surface area contributed by atoms with Crippen LogP contribution in [0.4, 0.5) is 5.69 Å². The van der Waals surface area contributed by atoms with Crippen molar-refractivity contribution in [1.82, 2.24) is 4.90 Å². The van der Waals surface area contributed by atoms with E-state index in [-0.39, 0.29) is 29.2 Å². The highest BCUT2D eigenvalue weighted by Gasteiger charge is 2.62. The van der Waals surface area contributed by atoms with Crippen molar-refractivity contribution in [2.45, 2.75) is 43.7 Å². The fraction of sp³-hybridized carbons (Fsp3) is 0.529. The Balaban J connectivity index is 1.91. The maximum Gasteiger partial charge on any atom is 0.219 e. The van der Waals surface area contributed by atoms with E-state index in [1.165, 1.54) is 11.3 Å². The zero-order chi connectivity index (χ0) is 14.8. The molecule has 0 unspecified atom stereocenters. The molecule has 3 aliphatic rings. The van der Waals surface area contributed by atoms with Crippen molar-refractivity contribution in [2.75, 3.05) is 18.5 Å². The number of likely N-dealkylation sites (tertiary alicyclic amines) is 1. The Kier molecular flexibility index (Phi) is 2.51. The molecule has 2 heterocycles. The minimum absolute atomic E-state index is 0.0346. The van der Waals surface area contributed by atoms with Gasteiger partial charge in [0.2, 0.25) is 5.91 Å². The molecule has 0 bridgehead atoms. The molecule has 0 N–H and O–H groups in total. The van der Waals surface area contributed by atoms with E-state index in [9.17, 15) is 9.59 Å². The van der Waals surface area contributed by atoms with Crippen LogP contribution < -0.4 is 4.90 Å². The molecular formula is C17H20N2O2. The van der Waals surface area contributed by atoms with Crippen LogP contribution in [0.5, 0.6) is 0 Å². The number of hydrogen-bond donors (Lipinski definition) is 0. The average molecular weight is 284 g/mol. The number of rotatable bonds is 0. The minimum atomic E-state index is -0.0507. The van der Waals surface area contributed by atoms with Gasteiger partial charge < -0.3 is 9.80 Å². The van der Waals surface area contributed by atoms with E-state index < -0.39 is 0 Å². The van der Waals surface area contributed by atoms with Gasteiger partial charge in [0.25, 0.3) is 0 Å². The first-order valence-corrected chi connectivity index (χ1v) is 7.67. The SMILES string of the molecule is CC(=O)N1CC[C@]23c4ccccc4N(C)[C@H]2CC(=O)C[C@H]13. The van der Waals surface area contributed by atoms with Crippen LogP contribution in [-0.2, 0) is 15.0 Å². The van der Waals surface area contributed by atoms with Crippen LogP contribution in [0.3, 0.4) is 0 Å². The minimum Gasteiger partial charge on any atom is -0.370 e. The topological polar surface area (TPSA) is 40.6 Å². The van der Waals surface area contributed by atoms with Crippen molar-refractivity contribution in [3.05, 3.63) is 29.8 Å². The maximum atomic E-state index is 12.2. The molecule has 110 valence electrons. The fourth-order valence-corrected chi connectivity index (χ4v) is 4.98. The van der Waals surface area contributed by atoms with Gasteiger partial charge in [-0.3, -0.25) is 9.59 Å². The van der Waals surface area contributed by atoms with E-state index in [0.29, 0.717) is 12.8 Å². The summed E-state index contributed by atoms with van der Waals surface area (Å²) < 4.78 is 0. The number of likely N-dealkylation sites (N-methyl/N-ethyl adjacent to an activating group) is 1. The standard InChI is InChI=1S/C17H20N2O2/c1-11(20)19-8-7-17-13-5-3-4-6-14(13)18(2)15(17)9-12(21)10-16(17)19/h3-6,15-16H,7-10H2,1-2H3/t15-,16-,17-/m0/s1. The normalized spacial score (nSPS) is 33.7. The first kappa shape index (κ1) is 12.9. The van der Waals surface area contributed by atoms with E-state index in [1.54, 1.807) is 6.92 Å². The van der Waals surface area contributed by atoms with Gasteiger partial charge in [-0.15, -0.1) is 0 Å². The summed E-state index contributed by atoms with van der Waals surface area (Å²) in [6.07, 6.45) is 2.09. The van der Waals surface area contributed by atoms with Crippen LogP contribution in [0.25, 0.3) is 0 Å². The third-order valence-corrected chi connectivity index (χ3v) is 5.83. The molecule has 1 amide bonds. The summed E-state index contributed by atoms with van der Waals surface area (Å²) >= 11 is 0. The van der Waals surface area contributed by atoms with Crippen LogP contribution in [-0.4, -0.2) is 42.3 Å². The number of carbonyl (C=O) groups excluding carboxylic acids is 2.